The van der Waals surface area contributed by atoms with Gasteiger partial charge in [-0.2, -0.15) is 8.42 Å². The van der Waals surface area contributed by atoms with Crippen LogP contribution in [-0.4, -0.2) is 56.1 Å². The zero-order chi connectivity index (χ0) is 26.6. The average molecular weight is 527 g/mol. The Hall–Kier alpha value is -3.30. The molecule has 0 radical (unpaired) electrons. The van der Waals surface area contributed by atoms with Crippen molar-refractivity contribution in [3.63, 3.8) is 0 Å². The molecule has 3 rings (SSSR count). The Balaban J connectivity index is 0.000000303. The van der Waals surface area contributed by atoms with Crippen LogP contribution in [0.15, 0.2) is 64.0 Å². The number of imidazole rings is 2. The Morgan fingerprint density at radius 3 is 1.80 bits per heavy atom. The SMILES string of the molecule is CC(C)n1cnc(S(=O)(=O)N=C([O-])[n+]2ccc(N(C)C)cc2)c1.CC(C)n1cnc(S(N)(=O)=O)c1. The number of pyridine rings is 1. The van der Waals surface area contributed by atoms with Crippen LogP contribution in [0.2, 0.25) is 0 Å². The van der Waals surface area contributed by atoms with E-state index in [1.54, 1.807) is 21.3 Å². The topological polar surface area (TPSA) is 172 Å². The van der Waals surface area contributed by atoms with Crippen molar-refractivity contribution < 1.29 is 26.5 Å². The summed E-state index contributed by atoms with van der Waals surface area (Å²) in [4.78, 5) is 9.33. The van der Waals surface area contributed by atoms with Crippen molar-refractivity contribution in [1.82, 2.24) is 19.1 Å². The smallest absolute Gasteiger partial charge is 0.387 e. The van der Waals surface area contributed by atoms with Gasteiger partial charge in [0.05, 0.1) is 25.0 Å². The van der Waals surface area contributed by atoms with Gasteiger partial charge in [-0.15, -0.1) is 0 Å². The van der Waals surface area contributed by atoms with Crippen LogP contribution >= 0.6 is 0 Å². The molecule has 3 aromatic heterocycles. The van der Waals surface area contributed by atoms with Gasteiger partial charge >= 0.3 is 10.0 Å². The average Bonchev–Trinajstić information content (AvgIpc) is 3.44. The van der Waals surface area contributed by atoms with Crippen molar-refractivity contribution in [2.24, 2.45) is 9.54 Å². The van der Waals surface area contributed by atoms with Gasteiger partial charge in [-0.1, -0.05) is 0 Å². The van der Waals surface area contributed by atoms with Crippen LogP contribution in [0.1, 0.15) is 39.8 Å². The van der Waals surface area contributed by atoms with E-state index in [1.807, 2.05) is 46.7 Å². The van der Waals surface area contributed by atoms with Gasteiger partial charge in [-0.25, -0.2) is 28.1 Å². The minimum absolute atomic E-state index is 0.0649. The second-order valence-corrected chi connectivity index (χ2v) is 11.3. The second-order valence-electron chi connectivity index (χ2n) is 8.26. The van der Waals surface area contributed by atoms with Gasteiger partial charge in [-0.3, -0.25) is 0 Å². The maximum absolute atomic E-state index is 12.1. The van der Waals surface area contributed by atoms with Crippen LogP contribution in [0.5, 0.6) is 0 Å². The summed E-state index contributed by atoms with van der Waals surface area (Å²) in [5.41, 5.74) is 0.882. The fourth-order valence-corrected chi connectivity index (χ4v) is 3.81. The van der Waals surface area contributed by atoms with Crippen LogP contribution in [0.3, 0.4) is 0 Å². The number of rotatable bonds is 6. The molecule has 0 atom stereocenters. The molecule has 35 heavy (non-hydrogen) atoms. The van der Waals surface area contributed by atoms with E-state index in [0.29, 0.717) is 0 Å². The zero-order valence-electron chi connectivity index (χ0n) is 20.3. The van der Waals surface area contributed by atoms with Gasteiger partial charge < -0.3 is 19.1 Å². The summed E-state index contributed by atoms with van der Waals surface area (Å²) in [6, 6.07) is 2.73. The number of hydrogen-bond donors (Lipinski definition) is 1. The number of anilines is 1. The van der Waals surface area contributed by atoms with Crippen molar-refractivity contribution in [2.75, 3.05) is 19.0 Å². The number of sulfonamides is 2. The number of aromatic nitrogens is 5. The first-order valence-electron chi connectivity index (χ1n) is 10.4. The summed E-state index contributed by atoms with van der Waals surface area (Å²) < 4.78 is 53.5. The first-order chi connectivity index (χ1) is 16.1. The molecule has 0 amide bonds. The molecule has 2 N–H and O–H groups in total. The van der Waals surface area contributed by atoms with Gasteiger partial charge in [0, 0.05) is 60.8 Å². The molecule has 3 aromatic rings. The van der Waals surface area contributed by atoms with Crippen LogP contribution in [0.4, 0.5) is 5.69 Å². The van der Waals surface area contributed by atoms with Gasteiger partial charge in [0.25, 0.3) is 16.0 Å². The van der Waals surface area contributed by atoms with Crippen molar-refractivity contribution in [3.05, 3.63) is 49.6 Å². The van der Waals surface area contributed by atoms with E-state index >= 15 is 0 Å². The zero-order valence-corrected chi connectivity index (χ0v) is 22.0. The summed E-state index contributed by atoms with van der Waals surface area (Å²) in [5.74, 6) is 0. The molecule has 0 fully saturated rings. The molecular weight excluding hydrogens is 496 g/mol. The molecule has 0 saturated heterocycles. The Labute approximate surface area is 205 Å². The van der Waals surface area contributed by atoms with E-state index in [1.165, 1.54) is 37.4 Å². The minimum atomic E-state index is -4.13. The highest BCUT2D eigenvalue weighted by molar-refractivity contribution is 7.90. The highest BCUT2D eigenvalue weighted by Crippen LogP contribution is 2.13. The predicted molar refractivity (Wildman–Crippen MR) is 128 cm³/mol. The summed E-state index contributed by atoms with van der Waals surface area (Å²) in [6.07, 6.45) is 8.55. The monoisotopic (exact) mass is 526 g/mol. The van der Waals surface area contributed by atoms with E-state index in [0.717, 1.165) is 10.3 Å². The van der Waals surface area contributed by atoms with E-state index in [9.17, 15) is 21.9 Å². The molecule has 0 aliphatic heterocycles. The minimum Gasteiger partial charge on any atom is -0.806 e. The summed E-state index contributed by atoms with van der Waals surface area (Å²) in [5, 5.41) is 16.6. The van der Waals surface area contributed by atoms with E-state index in [-0.39, 0.29) is 22.1 Å². The third kappa shape index (κ3) is 7.60. The normalized spacial score (nSPS) is 12.5. The first-order valence-corrected chi connectivity index (χ1v) is 13.4. The summed E-state index contributed by atoms with van der Waals surface area (Å²) in [6.45, 7) is 7.63. The maximum atomic E-state index is 12.1. The van der Waals surface area contributed by atoms with Crippen molar-refractivity contribution in [2.45, 2.75) is 49.8 Å². The Morgan fingerprint density at radius 2 is 1.43 bits per heavy atom. The standard InChI is InChI=1S/C14H19N5O3S.C6H11N3O2S/c1-11(2)19-9-13(15-10-19)23(21,22)16-14(20)18-7-5-12(6-8-18)17(3)4;1-5(2)9-3-6(8-4-9)12(7,10)11/h5-11H,1-4H3;3-5H,1-2H3,(H2,7,10,11). The number of hydrogen-bond acceptors (Lipinski definition) is 8. The number of nitrogens with two attached hydrogens (primary N) is 1. The van der Waals surface area contributed by atoms with Crippen LogP contribution < -0.4 is 19.7 Å². The molecule has 0 spiro atoms. The van der Waals surface area contributed by atoms with Gasteiger partial charge in [0.1, 0.15) is 0 Å². The lowest BCUT2D eigenvalue weighted by Crippen LogP contribution is -2.50. The predicted octanol–water partition coefficient (Wildman–Crippen LogP) is -0.118. The van der Waals surface area contributed by atoms with Crippen LogP contribution in [-0.2, 0) is 20.0 Å². The molecule has 0 aliphatic rings. The largest absolute Gasteiger partial charge is 0.806 e. The number of primary sulfonamides is 1. The molecule has 3 heterocycles. The Bertz CT molecular complexity index is 1370. The lowest BCUT2D eigenvalue weighted by molar-refractivity contribution is -0.613. The highest BCUT2D eigenvalue weighted by atomic mass is 32.2. The van der Waals surface area contributed by atoms with Crippen molar-refractivity contribution in [1.29, 1.82) is 0 Å². The maximum Gasteiger partial charge on any atom is 0.387 e. The molecule has 0 bridgehead atoms. The number of nitrogens with zero attached hydrogens (tertiary/aromatic N) is 7. The molecule has 0 aromatic carbocycles. The molecule has 15 heteroatoms. The first kappa shape index (κ1) is 27.9. The van der Waals surface area contributed by atoms with Gasteiger partial charge in [0.15, 0.2) is 5.03 Å². The van der Waals surface area contributed by atoms with E-state index in [2.05, 4.69) is 14.4 Å². The molecule has 0 saturated carbocycles. The van der Waals surface area contributed by atoms with Crippen molar-refractivity contribution in [3.8, 4) is 0 Å². The second kappa shape index (κ2) is 11.0. The highest BCUT2D eigenvalue weighted by Gasteiger charge is 2.23. The quantitative estimate of drug-likeness (QED) is 0.263. The van der Waals surface area contributed by atoms with Gasteiger partial charge in [-0.05, 0) is 27.7 Å². The third-order valence-electron chi connectivity index (χ3n) is 4.65. The van der Waals surface area contributed by atoms with Crippen molar-refractivity contribution >= 4 is 31.8 Å². The van der Waals surface area contributed by atoms with Crippen LogP contribution in [0.25, 0.3) is 0 Å². The molecule has 0 unspecified atom stereocenters. The lowest BCUT2D eigenvalue weighted by Gasteiger charge is -2.12. The summed E-state index contributed by atoms with van der Waals surface area (Å²) >= 11 is 0. The molecular formula is C20H30N8O5S2. The van der Waals surface area contributed by atoms with E-state index < -0.39 is 26.1 Å². The van der Waals surface area contributed by atoms with Gasteiger partial charge in [0.2, 0.25) is 5.03 Å². The third-order valence-corrected chi connectivity index (χ3v) is 6.58. The molecule has 0 aliphatic carbocycles. The fourth-order valence-electron chi connectivity index (χ4n) is 2.52. The molecule has 192 valence electrons. The fraction of sp³-hybridized carbons (Fsp3) is 0.400. The Morgan fingerprint density at radius 1 is 0.971 bits per heavy atom. The summed E-state index contributed by atoms with van der Waals surface area (Å²) in [7, 11) is -4.06. The van der Waals surface area contributed by atoms with Crippen LogP contribution in [0, 0.1) is 0 Å². The lowest BCUT2D eigenvalue weighted by atomic mass is 10.4. The molecule has 13 nitrogen and oxygen atoms in total. The van der Waals surface area contributed by atoms with E-state index in [4.69, 9.17) is 5.14 Å². The Kier molecular flexibility index (Phi) is 8.75.